The van der Waals surface area contributed by atoms with Gasteiger partial charge in [0.1, 0.15) is 29.2 Å². The van der Waals surface area contributed by atoms with Crippen molar-refractivity contribution < 1.29 is 28.7 Å². The van der Waals surface area contributed by atoms with Gasteiger partial charge in [-0.1, -0.05) is 5.16 Å². The Bertz CT molecular complexity index is 1480. The number of nitrogens with one attached hydrogen (secondary N) is 2. The number of furan rings is 1. The highest BCUT2D eigenvalue weighted by atomic mass is 32.2. The Labute approximate surface area is 209 Å². The van der Waals surface area contributed by atoms with Gasteiger partial charge in [0, 0.05) is 11.5 Å². The molecule has 186 valence electrons. The second-order valence-corrected chi connectivity index (χ2v) is 9.58. The topological polar surface area (TPSA) is 184 Å². The number of carboxylic acids is 1. The first-order valence-corrected chi connectivity index (χ1v) is 12.4. The van der Waals surface area contributed by atoms with Crippen molar-refractivity contribution in [2.24, 2.45) is 5.16 Å². The number of hydrogen-bond acceptors (Lipinski definition) is 11. The van der Waals surface area contributed by atoms with Crippen molar-refractivity contribution in [2.75, 3.05) is 18.6 Å². The Kier molecular flexibility index (Phi) is 6.27. The van der Waals surface area contributed by atoms with E-state index in [0.717, 1.165) is 4.52 Å². The van der Waals surface area contributed by atoms with E-state index in [4.69, 9.17) is 9.25 Å². The van der Waals surface area contributed by atoms with E-state index in [1.54, 1.807) is 18.2 Å². The van der Waals surface area contributed by atoms with E-state index in [2.05, 4.69) is 25.8 Å². The molecule has 0 saturated carbocycles. The number of carbonyl (C=O) groups excluding carboxylic acids is 2. The zero-order valence-corrected chi connectivity index (χ0v) is 20.0. The Hall–Kier alpha value is -4.05. The Morgan fingerprint density at radius 1 is 1.39 bits per heavy atom. The second kappa shape index (κ2) is 9.54. The van der Waals surface area contributed by atoms with Crippen LogP contribution in [0.15, 0.2) is 61.2 Å². The number of thioether (sulfide) groups is 2. The van der Waals surface area contributed by atoms with Gasteiger partial charge in [0.25, 0.3) is 11.8 Å². The lowest BCUT2D eigenvalue weighted by Gasteiger charge is -2.49. The number of amides is 2. The first kappa shape index (κ1) is 23.7. The molecule has 5 rings (SSSR count). The summed E-state index contributed by atoms with van der Waals surface area (Å²) in [7, 11) is 1.27. The molecule has 0 bridgehead atoms. The van der Waals surface area contributed by atoms with Crippen LogP contribution in [0.1, 0.15) is 5.76 Å². The third-order valence-corrected chi connectivity index (χ3v) is 7.68. The van der Waals surface area contributed by atoms with Crippen molar-refractivity contribution in [3.8, 4) is 0 Å². The number of nitrogens with zero attached hydrogens (tertiary/aromatic N) is 5. The number of fused-ring (bicyclic) bond motifs is 2. The minimum atomic E-state index is -1.25. The number of aromatic nitrogens is 4. The van der Waals surface area contributed by atoms with Gasteiger partial charge in [-0.3, -0.25) is 14.5 Å². The molecule has 0 aromatic carbocycles. The van der Waals surface area contributed by atoms with Crippen LogP contribution in [-0.4, -0.2) is 83.3 Å². The van der Waals surface area contributed by atoms with Gasteiger partial charge in [-0.15, -0.1) is 23.5 Å². The van der Waals surface area contributed by atoms with Crippen LogP contribution < -0.4 is 11.0 Å². The number of aromatic amines is 1. The van der Waals surface area contributed by atoms with E-state index < -0.39 is 34.9 Å². The lowest BCUT2D eigenvalue weighted by molar-refractivity contribution is -0.150. The molecule has 0 radical (unpaired) electrons. The molecule has 3 N–H and O–H groups in total. The number of hydrogen-bond donors (Lipinski definition) is 3. The van der Waals surface area contributed by atoms with E-state index in [9.17, 15) is 24.3 Å². The van der Waals surface area contributed by atoms with Gasteiger partial charge in [-0.2, -0.15) is 14.7 Å². The predicted molar refractivity (Wildman–Crippen MR) is 126 cm³/mol. The first-order chi connectivity index (χ1) is 17.4. The summed E-state index contributed by atoms with van der Waals surface area (Å²) < 4.78 is 6.31. The fourth-order valence-corrected chi connectivity index (χ4v) is 6.07. The van der Waals surface area contributed by atoms with Crippen LogP contribution in [0.5, 0.6) is 0 Å². The average molecular weight is 532 g/mol. The molecule has 2 atom stereocenters. The third kappa shape index (κ3) is 4.13. The summed E-state index contributed by atoms with van der Waals surface area (Å²) in [4.78, 5) is 55.4. The van der Waals surface area contributed by atoms with Crippen LogP contribution in [0.2, 0.25) is 0 Å². The Morgan fingerprint density at radius 2 is 2.22 bits per heavy atom. The molecule has 3 aromatic rings. The number of oxime groups is 1. The van der Waals surface area contributed by atoms with E-state index >= 15 is 0 Å². The van der Waals surface area contributed by atoms with Gasteiger partial charge in [-0.05, 0) is 29.8 Å². The second-order valence-electron chi connectivity index (χ2n) is 7.48. The molecule has 1 saturated heterocycles. The van der Waals surface area contributed by atoms with Crippen LogP contribution in [0.3, 0.4) is 0 Å². The number of H-pyrrole nitrogens is 1. The molecule has 0 spiro atoms. The lowest BCUT2D eigenvalue weighted by Crippen LogP contribution is -2.71. The van der Waals surface area contributed by atoms with Crippen molar-refractivity contribution in [1.82, 2.24) is 30.0 Å². The molecule has 16 heteroatoms. The van der Waals surface area contributed by atoms with Crippen LogP contribution in [0.25, 0.3) is 5.65 Å². The number of aliphatic carboxylic acids is 1. The number of β-lactam (4-membered cyclic amide) rings is 1. The molecule has 1 unspecified atom stereocenters. The monoisotopic (exact) mass is 531 g/mol. The van der Waals surface area contributed by atoms with Gasteiger partial charge in [0.2, 0.25) is 5.71 Å². The van der Waals surface area contributed by atoms with E-state index in [1.165, 1.54) is 47.9 Å². The van der Waals surface area contributed by atoms with Crippen molar-refractivity contribution in [3.63, 3.8) is 0 Å². The zero-order valence-electron chi connectivity index (χ0n) is 18.4. The maximum absolute atomic E-state index is 12.9. The molecular formula is C20H17N7O7S2. The quantitative estimate of drug-likeness (QED) is 0.152. The molecule has 14 nitrogen and oxygen atoms in total. The highest BCUT2D eigenvalue weighted by Gasteiger charge is 2.54. The summed E-state index contributed by atoms with van der Waals surface area (Å²) in [6.07, 6.45) is 1.37. The Balaban J connectivity index is 1.31. The number of rotatable bonds is 8. The summed E-state index contributed by atoms with van der Waals surface area (Å²) in [5.41, 5.74) is 0.113. The fourth-order valence-electron chi connectivity index (χ4n) is 3.73. The lowest BCUT2D eigenvalue weighted by atomic mass is 10.0. The highest BCUT2D eigenvalue weighted by molar-refractivity contribution is 8.01. The van der Waals surface area contributed by atoms with E-state index in [0.29, 0.717) is 22.0 Å². The summed E-state index contributed by atoms with van der Waals surface area (Å²) in [5.74, 6) is -1.79. The fraction of sp³-hybridized carbons (Fsp3) is 0.250. The molecule has 0 aliphatic carbocycles. The molecule has 2 amide bonds. The SMILES string of the molecule is CO/N=C(\C(=O)NC1C(=O)N2C(C(=O)O)=C(CSc3ccc4n[nH]c(=O)n4n3)CS[C@@H]12)c1ccco1. The minimum Gasteiger partial charge on any atom is -0.477 e. The zero-order chi connectivity index (χ0) is 25.4. The van der Waals surface area contributed by atoms with Crippen LogP contribution in [0, 0.1) is 0 Å². The van der Waals surface area contributed by atoms with Gasteiger partial charge >= 0.3 is 11.7 Å². The molecular weight excluding hydrogens is 514 g/mol. The van der Waals surface area contributed by atoms with Crippen molar-refractivity contribution in [2.45, 2.75) is 16.4 Å². The molecule has 36 heavy (non-hydrogen) atoms. The standard InChI is InChI=1S/C20H17N7O7S2/c1-33-25-13(10-3-2-6-34-10)16(28)21-14-17(29)26-15(19(30)31)9(8-36-18(14)26)7-35-12-5-4-11-22-23-20(32)27(11)24-12/h2-6,14,18H,7-8H2,1H3,(H,21,28)(H,23,32)(H,30,31)/b25-13-/t14?,18-/m0/s1. The van der Waals surface area contributed by atoms with E-state index in [-0.39, 0.29) is 22.9 Å². The van der Waals surface area contributed by atoms with Gasteiger partial charge in [-0.25, -0.2) is 14.7 Å². The maximum atomic E-state index is 12.9. The van der Waals surface area contributed by atoms with Crippen molar-refractivity contribution in [3.05, 3.63) is 58.0 Å². The number of carboxylic acid groups (broad SMARTS) is 1. The summed E-state index contributed by atoms with van der Waals surface area (Å²) >= 11 is 2.56. The van der Waals surface area contributed by atoms with Crippen LogP contribution in [-0.2, 0) is 19.2 Å². The largest absolute Gasteiger partial charge is 0.477 e. The highest BCUT2D eigenvalue weighted by Crippen LogP contribution is 2.41. The van der Waals surface area contributed by atoms with Gasteiger partial charge < -0.3 is 19.7 Å². The molecule has 5 heterocycles. The Morgan fingerprint density at radius 3 is 2.94 bits per heavy atom. The molecule has 2 aliphatic heterocycles. The van der Waals surface area contributed by atoms with Crippen LogP contribution >= 0.6 is 23.5 Å². The molecule has 3 aromatic heterocycles. The van der Waals surface area contributed by atoms with Crippen molar-refractivity contribution in [1.29, 1.82) is 0 Å². The normalized spacial score (nSPS) is 19.8. The maximum Gasteiger partial charge on any atom is 0.364 e. The van der Waals surface area contributed by atoms with Gasteiger partial charge in [0.15, 0.2) is 11.4 Å². The molecule has 2 aliphatic rings. The molecule has 1 fully saturated rings. The summed E-state index contributed by atoms with van der Waals surface area (Å²) in [5, 5.41) is 26.3. The smallest absolute Gasteiger partial charge is 0.364 e. The van der Waals surface area contributed by atoms with Crippen molar-refractivity contribution >= 4 is 52.7 Å². The van der Waals surface area contributed by atoms with Gasteiger partial charge in [0.05, 0.1) is 6.26 Å². The summed E-state index contributed by atoms with van der Waals surface area (Å²) in [6.45, 7) is 0. The number of carbonyl (C=O) groups is 3. The first-order valence-electron chi connectivity index (χ1n) is 10.3. The minimum absolute atomic E-state index is 0.125. The average Bonchev–Trinajstić information content (AvgIpc) is 3.53. The third-order valence-electron chi connectivity index (χ3n) is 5.33. The van der Waals surface area contributed by atoms with E-state index in [1.807, 2.05) is 0 Å². The van der Waals surface area contributed by atoms with Crippen LogP contribution in [0.4, 0.5) is 0 Å². The predicted octanol–water partition coefficient (Wildman–Crippen LogP) is -0.108. The summed E-state index contributed by atoms with van der Waals surface area (Å²) in [6, 6.07) is 5.43.